The predicted octanol–water partition coefficient (Wildman–Crippen LogP) is 3.37. The molecule has 1 aliphatic carbocycles. The van der Waals surface area contributed by atoms with Crippen molar-refractivity contribution in [2.24, 2.45) is 11.8 Å². The Hall–Kier alpha value is -0.940. The average molecular weight is 307 g/mol. The van der Waals surface area contributed by atoms with Gasteiger partial charge in [-0.25, -0.2) is 4.98 Å². The summed E-state index contributed by atoms with van der Waals surface area (Å²) in [6.07, 6.45) is 8.64. The molecule has 5 heteroatoms. The third-order valence-corrected chi connectivity index (χ3v) is 5.86. The van der Waals surface area contributed by atoms with Crippen LogP contribution in [0.2, 0.25) is 0 Å². The molecule has 0 radical (unpaired) electrons. The monoisotopic (exact) mass is 307 g/mol. The molecular weight excluding hydrogens is 282 g/mol. The lowest BCUT2D eigenvalue weighted by Crippen LogP contribution is -2.26. The van der Waals surface area contributed by atoms with Gasteiger partial charge in [-0.3, -0.25) is 4.79 Å². The van der Waals surface area contributed by atoms with E-state index in [1.807, 2.05) is 6.20 Å². The Morgan fingerprint density at radius 2 is 2.19 bits per heavy atom. The lowest BCUT2D eigenvalue weighted by molar-refractivity contribution is -0.117. The van der Waals surface area contributed by atoms with Crippen molar-refractivity contribution in [3.63, 3.8) is 0 Å². The summed E-state index contributed by atoms with van der Waals surface area (Å²) in [6.45, 7) is 4.46. The minimum Gasteiger partial charge on any atom is -0.317 e. The Balaban J connectivity index is 1.50. The van der Waals surface area contributed by atoms with E-state index in [4.69, 9.17) is 0 Å². The van der Waals surface area contributed by atoms with Gasteiger partial charge in [-0.05, 0) is 56.5 Å². The van der Waals surface area contributed by atoms with Crippen molar-refractivity contribution in [1.82, 2.24) is 10.3 Å². The molecule has 2 aliphatic rings. The van der Waals surface area contributed by atoms with Crippen molar-refractivity contribution in [1.29, 1.82) is 0 Å². The van der Waals surface area contributed by atoms with Gasteiger partial charge in [-0.1, -0.05) is 13.3 Å². The fourth-order valence-electron chi connectivity index (χ4n) is 3.58. The quantitative estimate of drug-likeness (QED) is 0.896. The highest BCUT2D eigenvalue weighted by atomic mass is 32.1. The Labute approximate surface area is 130 Å². The van der Waals surface area contributed by atoms with E-state index < -0.39 is 0 Å². The highest BCUT2D eigenvalue weighted by Crippen LogP contribution is 2.34. The first-order valence-electron chi connectivity index (χ1n) is 8.17. The number of thiazole rings is 1. The van der Waals surface area contributed by atoms with Crippen LogP contribution in [-0.2, 0) is 4.79 Å². The van der Waals surface area contributed by atoms with Crippen molar-refractivity contribution < 1.29 is 4.79 Å². The fraction of sp³-hybridized carbons (Fsp3) is 0.750. The summed E-state index contributed by atoms with van der Waals surface area (Å²) >= 11 is 1.66. The van der Waals surface area contributed by atoms with Crippen LogP contribution in [0.4, 0.5) is 5.13 Å². The van der Waals surface area contributed by atoms with Crippen LogP contribution in [0.1, 0.15) is 56.2 Å². The SMILES string of the molecule is CC1CCC(CC(=O)Nc2ncc(C3CCNCC3)s2)C1. The molecular formula is C16H25N3OS. The zero-order valence-electron chi connectivity index (χ0n) is 12.7. The topological polar surface area (TPSA) is 54.0 Å². The largest absolute Gasteiger partial charge is 0.317 e. The van der Waals surface area contributed by atoms with Gasteiger partial charge in [-0.2, -0.15) is 0 Å². The number of carbonyl (C=O) groups excluding carboxylic acids is 1. The predicted molar refractivity (Wildman–Crippen MR) is 86.7 cm³/mol. The minimum atomic E-state index is 0.139. The molecule has 2 fully saturated rings. The van der Waals surface area contributed by atoms with Gasteiger partial charge in [0.1, 0.15) is 0 Å². The lowest BCUT2D eigenvalue weighted by atomic mass is 9.97. The zero-order chi connectivity index (χ0) is 14.7. The highest BCUT2D eigenvalue weighted by molar-refractivity contribution is 7.15. The number of aromatic nitrogens is 1. The van der Waals surface area contributed by atoms with E-state index in [1.54, 1.807) is 11.3 Å². The van der Waals surface area contributed by atoms with Gasteiger partial charge < -0.3 is 10.6 Å². The van der Waals surface area contributed by atoms with Crippen LogP contribution >= 0.6 is 11.3 Å². The average Bonchev–Trinajstić information content (AvgIpc) is 3.09. The van der Waals surface area contributed by atoms with E-state index >= 15 is 0 Å². The molecule has 1 aromatic heterocycles. The van der Waals surface area contributed by atoms with Gasteiger partial charge in [-0.15, -0.1) is 11.3 Å². The normalized spacial score (nSPS) is 26.9. The second-order valence-electron chi connectivity index (χ2n) is 6.63. The van der Waals surface area contributed by atoms with E-state index in [1.165, 1.54) is 37.0 Å². The number of nitrogens with one attached hydrogen (secondary N) is 2. The van der Waals surface area contributed by atoms with Crippen molar-refractivity contribution in [3.8, 4) is 0 Å². The van der Waals surface area contributed by atoms with Gasteiger partial charge in [0, 0.05) is 17.5 Å². The van der Waals surface area contributed by atoms with E-state index in [9.17, 15) is 4.79 Å². The second kappa shape index (κ2) is 6.88. The number of piperidine rings is 1. The molecule has 4 nitrogen and oxygen atoms in total. The number of hydrogen-bond acceptors (Lipinski definition) is 4. The summed E-state index contributed by atoms with van der Waals surface area (Å²) < 4.78 is 0. The molecule has 1 saturated heterocycles. The van der Waals surface area contributed by atoms with Crippen LogP contribution in [0.3, 0.4) is 0 Å². The van der Waals surface area contributed by atoms with Crippen LogP contribution in [0.15, 0.2) is 6.20 Å². The van der Waals surface area contributed by atoms with Crippen molar-refractivity contribution in [2.45, 2.75) is 51.4 Å². The number of rotatable bonds is 4. The maximum absolute atomic E-state index is 12.1. The molecule has 1 aliphatic heterocycles. The first-order chi connectivity index (χ1) is 10.2. The molecule has 2 unspecified atom stereocenters. The van der Waals surface area contributed by atoms with Crippen LogP contribution in [0.5, 0.6) is 0 Å². The summed E-state index contributed by atoms with van der Waals surface area (Å²) in [7, 11) is 0. The highest BCUT2D eigenvalue weighted by Gasteiger charge is 2.24. The van der Waals surface area contributed by atoms with Crippen molar-refractivity contribution >= 4 is 22.4 Å². The Bertz CT molecular complexity index is 482. The molecule has 21 heavy (non-hydrogen) atoms. The molecule has 0 bridgehead atoms. The van der Waals surface area contributed by atoms with Gasteiger partial charge >= 0.3 is 0 Å². The van der Waals surface area contributed by atoms with Crippen molar-refractivity contribution in [2.75, 3.05) is 18.4 Å². The number of carbonyl (C=O) groups is 1. The summed E-state index contributed by atoms with van der Waals surface area (Å²) in [5.74, 6) is 2.11. The van der Waals surface area contributed by atoms with Gasteiger partial charge in [0.25, 0.3) is 0 Å². The molecule has 0 spiro atoms. The van der Waals surface area contributed by atoms with Crippen LogP contribution in [-0.4, -0.2) is 24.0 Å². The lowest BCUT2D eigenvalue weighted by Gasteiger charge is -2.20. The van der Waals surface area contributed by atoms with E-state index in [-0.39, 0.29) is 5.91 Å². The second-order valence-corrected chi connectivity index (χ2v) is 7.69. The molecule has 1 saturated carbocycles. The zero-order valence-corrected chi connectivity index (χ0v) is 13.5. The first-order valence-corrected chi connectivity index (χ1v) is 8.98. The Morgan fingerprint density at radius 1 is 1.38 bits per heavy atom. The fourth-order valence-corrected chi connectivity index (χ4v) is 4.58. The first kappa shape index (κ1) is 15.0. The maximum atomic E-state index is 12.1. The molecule has 1 aromatic rings. The molecule has 3 rings (SSSR count). The molecule has 2 atom stereocenters. The van der Waals surface area contributed by atoms with Gasteiger partial charge in [0.05, 0.1) is 0 Å². The van der Waals surface area contributed by atoms with Crippen LogP contribution < -0.4 is 10.6 Å². The number of amides is 1. The van der Waals surface area contributed by atoms with Crippen molar-refractivity contribution in [3.05, 3.63) is 11.1 Å². The number of hydrogen-bond donors (Lipinski definition) is 2. The molecule has 0 aromatic carbocycles. The summed E-state index contributed by atoms with van der Waals surface area (Å²) in [5.41, 5.74) is 0. The summed E-state index contributed by atoms with van der Waals surface area (Å²) in [6, 6.07) is 0. The van der Waals surface area contributed by atoms with E-state index in [0.29, 0.717) is 18.3 Å². The third kappa shape index (κ3) is 4.04. The molecule has 2 heterocycles. The van der Waals surface area contributed by atoms with E-state index in [2.05, 4.69) is 22.5 Å². The Morgan fingerprint density at radius 3 is 2.90 bits per heavy atom. The minimum absolute atomic E-state index is 0.139. The van der Waals surface area contributed by atoms with Crippen LogP contribution in [0.25, 0.3) is 0 Å². The molecule has 2 N–H and O–H groups in total. The van der Waals surface area contributed by atoms with Gasteiger partial charge in [0.15, 0.2) is 5.13 Å². The molecule has 116 valence electrons. The Kier molecular flexibility index (Phi) is 4.91. The third-order valence-electron chi connectivity index (χ3n) is 4.79. The van der Waals surface area contributed by atoms with Gasteiger partial charge in [0.2, 0.25) is 5.91 Å². The van der Waals surface area contributed by atoms with E-state index in [0.717, 1.165) is 24.1 Å². The number of anilines is 1. The van der Waals surface area contributed by atoms with Crippen LogP contribution in [0, 0.1) is 11.8 Å². The molecule has 1 amide bonds. The standard InChI is InChI=1S/C16H25N3OS/c1-11-2-3-12(8-11)9-15(20)19-16-18-10-14(21-16)13-4-6-17-7-5-13/h10-13,17H,2-9H2,1H3,(H,18,19,20). The number of nitrogens with zero attached hydrogens (tertiary/aromatic N) is 1. The summed E-state index contributed by atoms with van der Waals surface area (Å²) in [4.78, 5) is 17.8. The summed E-state index contributed by atoms with van der Waals surface area (Å²) in [5, 5.41) is 7.16. The smallest absolute Gasteiger partial charge is 0.226 e. The maximum Gasteiger partial charge on any atom is 0.226 e.